The highest BCUT2D eigenvalue weighted by Crippen LogP contribution is 2.33. The summed E-state index contributed by atoms with van der Waals surface area (Å²) in [5.74, 6) is -0.283. The molecule has 2 amide bonds. The lowest BCUT2D eigenvalue weighted by Crippen LogP contribution is -2.44. The van der Waals surface area contributed by atoms with Crippen molar-refractivity contribution >= 4 is 11.7 Å². The molecule has 1 N–H and O–H groups in total. The number of carbonyl (C=O) groups excluding carboxylic acids is 1. The van der Waals surface area contributed by atoms with Crippen LogP contribution in [-0.2, 0) is 12.0 Å². The van der Waals surface area contributed by atoms with Crippen LogP contribution >= 0.6 is 0 Å². The van der Waals surface area contributed by atoms with Gasteiger partial charge >= 0.3 is 6.03 Å². The van der Waals surface area contributed by atoms with Crippen molar-refractivity contribution in [2.75, 3.05) is 11.9 Å². The first-order chi connectivity index (χ1) is 13.8. The molecule has 2 heterocycles. The molecule has 1 atom stereocenters. The van der Waals surface area contributed by atoms with E-state index in [2.05, 4.69) is 42.8 Å². The second-order valence-electron chi connectivity index (χ2n) is 8.53. The second-order valence-corrected chi connectivity index (χ2v) is 8.53. The van der Waals surface area contributed by atoms with Crippen molar-refractivity contribution in [1.82, 2.24) is 9.47 Å². The molecular formula is C24H26FN3O. The smallest absolute Gasteiger partial charge is 0.322 e. The van der Waals surface area contributed by atoms with E-state index in [1.54, 1.807) is 12.1 Å². The molecule has 1 aliphatic rings. The number of fused-ring (bicyclic) bond motifs is 1. The highest BCUT2D eigenvalue weighted by atomic mass is 19.1. The molecule has 0 saturated carbocycles. The van der Waals surface area contributed by atoms with Crippen molar-refractivity contribution in [3.8, 4) is 0 Å². The highest BCUT2D eigenvalue weighted by molar-refractivity contribution is 5.90. The number of anilines is 1. The maximum absolute atomic E-state index is 13.5. The maximum Gasteiger partial charge on any atom is 0.322 e. The van der Waals surface area contributed by atoms with Gasteiger partial charge in [0.2, 0.25) is 0 Å². The zero-order valence-electron chi connectivity index (χ0n) is 17.0. The molecule has 150 valence electrons. The summed E-state index contributed by atoms with van der Waals surface area (Å²) in [6.07, 6.45) is 2.02. The molecule has 0 spiro atoms. The Balaban J connectivity index is 1.60. The maximum atomic E-state index is 13.5. The van der Waals surface area contributed by atoms with Crippen molar-refractivity contribution in [2.45, 2.75) is 38.8 Å². The van der Waals surface area contributed by atoms with E-state index in [0.717, 1.165) is 23.5 Å². The van der Waals surface area contributed by atoms with Gasteiger partial charge in [0.1, 0.15) is 5.82 Å². The summed E-state index contributed by atoms with van der Waals surface area (Å²) in [5.41, 5.74) is 3.97. The topological polar surface area (TPSA) is 37.3 Å². The summed E-state index contributed by atoms with van der Waals surface area (Å²) >= 11 is 0. The molecule has 4 nitrogen and oxygen atoms in total. The predicted molar refractivity (Wildman–Crippen MR) is 114 cm³/mol. The zero-order valence-corrected chi connectivity index (χ0v) is 17.0. The SMILES string of the molecule is CC(C)(C)c1ccc(NC(=O)N2CCn3cccc3[C@H]2c2ccc(F)cc2)cc1. The lowest BCUT2D eigenvalue weighted by Gasteiger charge is -2.37. The average molecular weight is 391 g/mol. The molecule has 0 fully saturated rings. The first kappa shape index (κ1) is 19.2. The van der Waals surface area contributed by atoms with E-state index in [1.807, 2.05) is 35.4 Å². The van der Waals surface area contributed by atoms with Crippen molar-refractivity contribution in [3.05, 3.63) is 89.5 Å². The van der Waals surface area contributed by atoms with Gasteiger partial charge < -0.3 is 14.8 Å². The highest BCUT2D eigenvalue weighted by Gasteiger charge is 2.32. The molecule has 0 unspecified atom stereocenters. The number of benzene rings is 2. The van der Waals surface area contributed by atoms with Crippen molar-refractivity contribution in [3.63, 3.8) is 0 Å². The number of hydrogen-bond donors (Lipinski definition) is 1. The van der Waals surface area contributed by atoms with Gasteiger partial charge in [-0.05, 0) is 52.9 Å². The minimum atomic E-state index is -0.283. The van der Waals surface area contributed by atoms with Crippen LogP contribution in [0.5, 0.6) is 0 Å². The van der Waals surface area contributed by atoms with Gasteiger partial charge in [0.25, 0.3) is 0 Å². The fraction of sp³-hybridized carbons (Fsp3) is 0.292. The van der Waals surface area contributed by atoms with E-state index >= 15 is 0 Å². The Hall–Kier alpha value is -3.08. The van der Waals surface area contributed by atoms with Gasteiger partial charge in [-0.25, -0.2) is 9.18 Å². The second kappa shape index (κ2) is 7.39. The molecule has 0 radical (unpaired) electrons. The number of hydrogen-bond acceptors (Lipinski definition) is 1. The molecule has 3 aromatic rings. The van der Waals surface area contributed by atoms with E-state index < -0.39 is 0 Å². The molecule has 1 aliphatic heterocycles. The molecule has 0 aliphatic carbocycles. The third-order valence-corrected chi connectivity index (χ3v) is 5.49. The Morgan fingerprint density at radius 3 is 2.34 bits per heavy atom. The van der Waals surface area contributed by atoms with Crippen molar-refractivity contribution in [2.24, 2.45) is 0 Å². The fourth-order valence-electron chi connectivity index (χ4n) is 3.85. The number of halogens is 1. The molecule has 2 aromatic carbocycles. The number of urea groups is 1. The Labute approximate surface area is 171 Å². The van der Waals surface area contributed by atoms with E-state index in [1.165, 1.54) is 17.7 Å². The van der Waals surface area contributed by atoms with Gasteiger partial charge in [-0.15, -0.1) is 0 Å². The predicted octanol–water partition coefficient (Wildman–Crippen LogP) is 5.56. The Morgan fingerprint density at radius 2 is 1.69 bits per heavy atom. The van der Waals surface area contributed by atoms with Crippen LogP contribution < -0.4 is 5.32 Å². The number of carbonyl (C=O) groups is 1. The molecule has 0 saturated heterocycles. The van der Waals surface area contributed by atoms with E-state index in [0.29, 0.717) is 6.54 Å². The van der Waals surface area contributed by atoms with Crippen LogP contribution in [0.1, 0.15) is 43.6 Å². The van der Waals surface area contributed by atoms with Crippen LogP contribution in [0.2, 0.25) is 0 Å². The summed E-state index contributed by atoms with van der Waals surface area (Å²) < 4.78 is 15.6. The van der Waals surface area contributed by atoms with Crippen molar-refractivity contribution in [1.29, 1.82) is 0 Å². The molecule has 29 heavy (non-hydrogen) atoms. The number of nitrogens with zero attached hydrogens (tertiary/aromatic N) is 2. The molecule has 4 rings (SSSR count). The van der Waals surface area contributed by atoms with Crippen LogP contribution in [0.4, 0.5) is 14.9 Å². The van der Waals surface area contributed by atoms with Gasteiger partial charge in [0.05, 0.1) is 6.04 Å². The lowest BCUT2D eigenvalue weighted by molar-refractivity contribution is 0.182. The Kier molecular flexibility index (Phi) is 4.91. The number of nitrogens with one attached hydrogen (secondary N) is 1. The van der Waals surface area contributed by atoms with Gasteiger partial charge in [-0.3, -0.25) is 0 Å². The van der Waals surface area contributed by atoms with Gasteiger partial charge in [-0.2, -0.15) is 0 Å². The standard InChI is InChI=1S/C24H26FN3O/c1-24(2,3)18-8-12-20(13-9-18)26-23(29)28-16-15-27-14-4-5-21(27)22(28)17-6-10-19(25)11-7-17/h4-14,22H,15-16H2,1-3H3,(H,26,29)/t22-/m1/s1. The third-order valence-electron chi connectivity index (χ3n) is 5.49. The fourth-order valence-corrected chi connectivity index (χ4v) is 3.85. The number of amides is 2. The molecule has 5 heteroatoms. The minimum Gasteiger partial charge on any atom is -0.348 e. The van der Waals surface area contributed by atoms with Gasteiger partial charge in [-0.1, -0.05) is 45.0 Å². The van der Waals surface area contributed by atoms with Crippen LogP contribution in [0.25, 0.3) is 0 Å². The summed E-state index contributed by atoms with van der Waals surface area (Å²) in [6, 6.07) is 18.0. The van der Waals surface area contributed by atoms with E-state index in [9.17, 15) is 9.18 Å². The number of rotatable bonds is 2. The lowest BCUT2D eigenvalue weighted by atomic mass is 9.87. The Morgan fingerprint density at radius 1 is 1.00 bits per heavy atom. The monoisotopic (exact) mass is 391 g/mol. The third kappa shape index (κ3) is 3.90. The average Bonchev–Trinajstić information content (AvgIpc) is 3.16. The first-order valence-corrected chi connectivity index (χ1v) is 9.91. The van der Waals surface area contributed by atoms with Gasteiger partial charge in [0, 0.05) is 30.7 Å². The molecule has 0 bridgehead atoms. The van der Waals surface area contributed by atoms with E-state index in [4.69, 9.17) is 0 Å². The quantitative estimate of drug-likeness (QED) is 0.610. The first-order valence-electron chi connectivity index (χ1n) is 9.91. The van der Waals surface area contributed by atoms with Crippen LogP contribution in [0.3, 0.4) is 0 Å². The molecular weight excluding hydrogens is 365 g/mol. The summed E-state index contributed by atoms with van der Waals surface area (Å²) in [6.45, 7) is 7.80. The van der Waals surface area contributed by atoms with Crippen LogP contribution in [0.15, 0.2) is 66.9 Å². The number of aromatic nitrogens is 1. The zero-order chi connectivity index (χ0) is 20.6. The Bertz CT molecular complexity index is 1000. The van der Waals surface area contributed by atoms with E-state index in [-0.39, 0.29) is 23.3 Å². The van der Waals surface area contributed by atoms with Crippen LogP contribution in [-0.4, -0.2) is 22.0 Å². The van der Waals surface area contributed by atoms with Crippen LogP contribution in [0, 0.1) is 5.82 Å². The largest absolute Gasteiger partial charge is 0.348 e. The minimum absolute atomic E-state index is 0.0640. The summed E-state index contributed by atoms with van der Waals surface area (Å²) in [7, 11) is 0. The van der Waals surface area contributed by atoms with Gasteiger partial charge in [0.15, 0.2) is 0 Å². The summed E-state index contributed by atoms with van der Waals surface area (Å²) in [4.78, 5) is 15.0. The van der Waals surface area contributed by atoms with Crippen molar-refractivity contribution < 1.29 is 9.18 Å². The molecule has 1 aromatic heterocycles. The summed E-state index contributed by atoms with van der Waals surface area (Å²) in [5, 5.41) is 3.03. The normalized spacial score (nSPS) is 16.4.